The molecular weight excluding hydrogens is 265 g/mol. The van der Waals surface area contributed by atoms with Crippen molar-refractivity contribution in [1.82, 2.24) is 0 Å². The van der Waals surface area contributed by atoms with Crippen molar-refractivity contribution in [3.8, 4) is 0 Å². The molecule has 0 rings (SSSR count). The van der Waals surface area contributed by atoms with Crippen LogP contribution in [0.2, 0.25) is 0 Å². The van der Waals surface area contributed by atoms with E-state index in [4.69, 9.17) is 43.0 Å². The van der Waals surface area contributed by atoms with Crippen LogP contribution in [0.4, 0.5) is 9.59 Å². The van der Waals surface area contributed by atoms with E-state index in [2.05, 4.69) is 4.74 Å². The molecule has 0 spiro atoms. The van der Waals surface area contributed by atoms with Crippen LogP contribution in [0, 0.1) is 0 Å². The van der Waals surface area contributed by atoms with E-state index in [1.165, 1.54) is 0 Å². The third-order valence-electron chi connectivity index (χ3n) is 0.167. The zero-order chi connectivity index (χ0) is 8.57. The topological polar surface area (TPSA) is 89.5 Å². The van der Waals surface area contributed by atoms with E-state index >= 15 is 0 Å². The van der Waals surface area contributed by atoms with Gasteiger partial charge in [-0.3, -0.25) is 0 Å². The third kappa shape index (κ3) is 38.9. The summed E-state index contributed by atoms with van der Waals surface area (Å²) in [4.78, 5) is 18.1. The van der Waals surface area contributed by atoms with Crippen LogP contribution >= 0.6 is 23.2 Å². The quantitative estimate of drug-likeness (QED) is 0.188. The van der Waals surface area contributed by atoms with E-state index in [-0.39, 0.29) is 108 Å². The predicted octanol–water partition coefficient (Wildman–Crippen LogP) is -6.88. The van der Waals surface area contributed by atoms with Gasteiger partial charge in [0.05, 0.1) is 5.34 Å². The molecule has 0 radical (unpaired) electrons. The molecule has 0 amide bonds. The summed E-state index contributed by atoms with van der Waals surface area (Å²) in [6, 6.07) is 0. The van der Waals surface area contributed by atoms with Crippen LogP contribution in [0.15, 0.2) is 0 Å². The molecule has 0 aliphatic rings. The third-order valence-corrected chi connectivity index (χ3v) is 0.167. The molecule has 0 aromatic heterocycles. The van der Waals surface area contributed by atoms with Crippen LogP contribution < -0.4 is 113 Å². The molecule has 0 aromatic rings. The first-order valence-electron chi connectivity index (χ1n) is 1.76. The van der Waals surface area contributed by atoms with Crippen LogP contribution in [0.1, 0.15) is 0 Å². The monoisotopic (exact) mass is 266 g/mol. The Kier molecular flexibility index (Phi) is 38.5. The molecule has 5 nitrogen and oxygen atoms in total. The normalized spacial score (nSPS) is 5.83. The van der Waals surface area contributed by atoms with Gasteiger partial charge in [0.1, 0.15) is 0 Å². The second-order valence-corrected chi connectivity index (χ2v) is 1.51. The number of rotatable bonds is 0. The number of carbonyl (C=O) groups is 2. The average Bonchev–Trinajstić information content (AvgIpc) is 1.62. The molecule has 60 valence electrons. The summed E-state index contributed by atoms with van der Waals surface area (Å²) in [7, 11) is 0. The van der Waals surface area contributed by atoms with Gasteiger partial charge in [0, 0.05) is 0 Å². The Balaban J connectivity index is -0.0000000569. The first kappa shape index (κ1) is 24.0. The van der Waals surface area contributed by atoms with Gasteiger partial charge in [0.25, 0.3) is 12.3 Å². The summed E-state index contributed by atoms with van der Waals surface area (Å²) in [5.41, 5.74) is 0. The number of hydrogen-bond acceptors (Lipinski definition) is 5. The van der Waals surface area contributed by atoms with E-state index in [9.17, 15) is 0 Å². The summed E-state index contributed by atoms with van der Waals surface area (Å²) in [6.45, 7) is 0. The van der Waals surface area contributed by atoms with Gasteiger partial charge in [-0.15, -0.1) is 23.2 Å². The van der Waals surface area contributed by atoms with Gasteiger partial charge in [-0.05, 0) is 0 Å². The van der Waals surface area contributed by atoms with Crippen LogP contribution in [0.3, 0.4) is 0 Å². The van der Waals surface area contributed by atoms with Gasteiger partial charge in [-0.25, -0.2) is 0 Å². The Bertz CT molecular complexity index is 109. The molecule has 0 unspecified atom stereocenters. The van der Waals surface area contributed by atoms with Gasteiger partial charge in [-0.1, -0.05) is 0 Å². The Hall–Kier alpha value is 2.59. The second kappa shape index (κ2) is 19.2. The minimum absolute atomic E-state index is 0. The number of alkyl halides is 2. The largest absolute Gasteiger partial charge is 1.00 e. The molecule has 0 bridgehead atoms. The predicted molar refractivity (Wildman–Crippen MR) is 28.4 cm³/mol. The van der Waals surface area contributed by atoms with Gasteiger partial charge in [-0.2, -0.15) is 0 Å². The van der Waals surface area contributed by atoms with Crippen LogP contribution in [0.25, 0.3) is 0 Å². The fraction of sp³-hybridized carbons (Fsp3) is 0.333. The molecule has 0 heterocycles. The molecule has 0 saturated heterocycles. The molecule has 12 heavy (non-hydrogen) atoms. The van der Waals surface area contributed by atoms with Crippen LogP contribution in [0.5, 0.6) is 0 Å². The number of carbonyl (C=O) groups excluding carboxylic acids is 2. The van der Waals surface area contributed by atoms with Crippen molar-refractivity contribution in [1.29, 1.82) is 0 Å². The first-order valence-corrected chi connectivity index (χ1v) is 2.83. The second-order valence-electron chi connectivity index (χ2n) is 0.703. The summed E-state index contributed by atoms with van der Waals surface area (Å²) >= 11 is 9.53. The maximum Gasteiger partial charge on any atom is 1.00 e. The van der Waals surface area contributed by atoms with Gasteiger partial charge >= 0.3 is 103 Å². The number of carboxylic acid groups (broad SMARTS) is 2. The van der Waals surface area contributed by atoms with E-state index < -0.39 is 12.3 Å². The number of hydrogen-bond donors (Lipinski definition) is 0. The van der Waals surface area contributed by atoms with Crippen molar-refractivity contribution < 1.29 is 127 Å². The fourth-order valence-electron chi connectivity index (χ4n) is 0.0680. The molecule has 0 fully saturated rings. The zero-order valence-corrected chi connectivity index (χ0v) is 14.3. The molecule has 0 aliphatic heterocycles. The van der Waals surface area contributed by atoms with E-state index in [0.29, 0.717) is 0 Å². The maximum absolute atomic E-state index is 9.06. The molecule has 0 N–H and O–H groups in total. The van der Waals surface area contributed by atoms with Crippen molar-refractivity contribution in [2.45, 2.75) is 0 Å². The molecule has 0 aliphatic carbocycles. The minimum atomic E-state index is -2.12. The van der Waals surface area contributed by atoms with Crippen LogP contribution in [-0.2, 0) is 4.74 Å². The smallest absolute Gasteiger partial charge is 0.483 e. The molecule has 0 aromatic carbocycles. The van der Waals surface area contributed by atoms with Gasteiger partial charge in [0.15, 0.2) is 0 Å². The minimum Gasteiger partial charge on any atom is -0.483 e. The van der Waals surface area contributed by atoms with Crippen molar-refractivity contribution in [2.75, 3.05) is 5.34 Å². The summed E-state index contributed by atoms with van der Waals surface area (Å²) < 4.78 is 2.86. The molecule has 0 atom stereocenters. The zero-order valence-electron chi connectivity index (χ0n) is 6.50. The Morgan fingerprint density at radius 1 is 1.08 bits per heavy atom. The fourth-order valence-corrected chi connectivity index (χ4v) is 0.0680. The maximum atomic E-state index is 9.06. The number of ether oxygens (including phenoxy) is 1. The van der Waals surface area contributed by atoms with Crippen molar-refractivity contribution >= 4 is 35.5 Å². The van der Waals surface area contributed by atoms with Gasteiger partial charge < -0.3 is 24.5 Å². The first-order chi connectivity index (χ1) is 4.54. The standard InChI is InChI=1S/C2H2O5.CH2Cl2.2K/c3-1(4)7-2(5)6;2-1-3;;/h(H,3,4)(H,5,6);1H2;;/q;;2*+1/p-2. The van der Waals surface area contributed by atoms with Crippen molar-refractivity contribution in [3.63, 3.8) is 0 Å². The van der Waals surface area contributed by atoms with Crippen LogP contribution in [-0.4, -0.2) is 17.6 Å². The molecular formula is C3H2Cl2K2O5. The summed E-state index contributed by atoms with van der Waals surface area (Å²) in [6.07, 6.45) is -4.25. The average molecular weight is 267 g/mol. The summed E-state index contributed by atoms with van der Waals surface area (Å²) in [5, 5.41) is 18.3. The van der Waals surface area contributed by atoms with E-state index in [0.717, 1.165) is 0 Å². The number of halogens is 2. The SMILES string of the molecule is ClCCl.O=C([O-])OC(=O)[O-].[K+].[K+]. The molecule has 9 heteroatoms. The van der Waals surface area contributed by atoms with E-state index in [1.807, 2.05) is 0 Å². The Morgan fingerprint density at radius 2 is 1.25 bits per heavy atom. The van der Waals surface area contributed by atoms with Gasteiger partial charge in [0.2, 0.25) is 0 Å². The Labute approximate surface area is 164 Å². The summed E-state index contributed by atoms with van der Waals surface area (Å²) in [5.74, 6) is 0. The van der Waals surface area contributed by atoms with Crippen molar-refractivity contribution in [2.24, 2.45) is 0 Å². The molecule has 0 saturated carbocycles. The van der Waals surface area contributed by atoms with Crippen molar-refractivity contribution in [3.05, 3.63) is 0 Å². The van der Waals surface area contributed by atoms with E-state index in [1.54, 1.807) is 0 Å². The Morgan fingerprint density at radius 3 is 1.25 bits per heavy atom.